The van der Waals surface area contributed by atoms with Crippen LogP contribution in [0.1, 0.15) is 39.2 Å². The maximum atomic E-state index is 12.4. The third-order valence-corrected chi connectivity index (χ3v) is 4.53. The minimum absolute atomic E-state index is 0.353. The van der Waals surface area contributed by atoms with E-state index < -0.39 is 30.6 Å². The molecule has 1 heterocycles. The van der Waals surface area contributed by atoms with Gasteiger partial charge in [-0.25, -0.2) is 0 Å². The highest BCUT2D eigenvalue weighted by Gasteiger charge is 2.53. The predicted molar refractivity (Wildman–Crippen MR) is 83.8 cm³/mol. The van der Waals surface area contributed by atoms with Gasteiger partial charge >= 0.3 is 13.5 Å². The fraction of sp³-hybridized carbons (Fsp3) is 0.571. The molecule has 128 valence electrons. The molecule has 0 spiro atoms. The molecule has 0 bridgehead atoms. The van der Waals surface area contributed by atoms with Crippen molar-refractivity contribution in [1.82, 2.24) is 0 Å². The zero-order valence-electron chi connectivity index (χ0n) is 13.2. The smallest absolute Gasteiger partial charge is 0.406 e. The van der Waals surface area contributed by atoms with Gasteiger partial charge in [0.25, 0.3) is 0 Å². The molecule has 4 nitrogen and oxygen atoms in total. The van der Waals surface area contributed by atoms with Crippen LogP contribution in [-0.2, 0) is 9.31 Å². The van der Waals surface area contributed by atoms with Crippen LogP contribution in [0.5, 0.6) is 5.75 Å². The second kappa shape index (κ2) is 5.95. The van der Waals surface area contributed by atoms with Crippen molar-refractivity contribution in [3.63, 3.8) is 0 Å². The second-order valence-electron chi connectivity index (χ2n) is 6.42. The van der Waals surface area contributed by atoms with E-state index in [2.05, 4.69) is 20.7 Å². The van der Waals surface area contributed by atoms with Crippen molar-refractivity contribution in [1.29, 1.82) is 0 Å². The fourth-order valence-electron chi connectivity index (χ4n) is 2.16. The van der Waals surface area contributed by atoms with Gasteiger partial charge in [0.1, 0.15) is 5.75 Å². The number of benzene rings is 1. The molecule has 1 aromatic rings. The molecule has 1 aliphatic heterocycles. The standard InChI is InChI=1S/C14H18BBrF3NO3/c1-12(2)13(3,4)23-15(22-12)11(20)8-5-9(16)7-10(6-8)21-14(17,18)19/h5-7,11H,20H2,1-4H3/t11-/m1/s1. The number of rotatable bonds is 3. The number of alkyl halides is 3. The van der Waals surface area contributed by atoms with Crippen LogP contribution >= 0.6 is 15.9 Å². The first-order valence-electron chi connectivity index (χ1n) is 6.98. The topological polar surface area (TPSA) is 53.7 Å². The lowest BCUT2D eigenvalue weighted by molar-refractivity contribution is -0.274. The van der Waals surface area contributed by atoms with Gasteiger partial charge < -0.3 is 19.8 Å². The summed E-state index contributed by atoms with van der Waals surface area (Å²) in [7, 11) is -0.770. The average Bonchev–Trinajstić information content (AvgIpc) is 2.54. The Morgan fingerprint density at radius 1 is 1.13 bits per heavy atom. The van der Waals surface area contributed by atoms with E-state index in [-0.39, 0.29) is 5.75 Å². The van der Waals surface area contributed by atoms with Crippen molar-refractivity contribution in [3.05, 3.63) is 28.2 Å². The molecule has 0 aliphatic carbocycles. The van der Waals surface area contributed by atoms with Gasteiger partial charge in [-0.1, -0.05) is 15.9 Å². The van der Waals surface area contributed by atoms with Gasteiger partial charge in [-0.3, -0.25) is 0 Å². The average molecular weight is 396 g/mol. The summed E-state index contributed by atoms with van der Waals surface area (Å²) in [6, 6.07) is 4.06. The summed E-state index contributed by atoms with van der Waals surface area (Å²) in [5, 5.41) is 0. The molecule has 1 saturated heterocycles. The minimum atomic E-state index is -4.77. The van der Waals surface area contributed by atoms with Crippen LogP contribution in [0.4, 0.5) is 13.2 Å². The van der Waals surface area contributed by atoms with Crippen molar-refractivity contribution < 1.29 is 27.2 Å². The second-order valence-corrected chi connectivity index (χ2v) is 7.33. The first-order chi connectivity index (χ1) is 10.3. The minimum Gasteiger partial charge on any atom is -0.406 e. The highest BCUT2D eigenvalue weighted by molar-refractivity contribution is 9.10. The Morgan fingerprint density at radius 3 is 2.13 bits per heavy atom. The van der Waals surface area contributed by atoms with E-state index in [0.717, 1.165) is 0 Å². The van der Waals surface area contributed by atoms with Crippen molar-refractivity contribution in [3.8, 4) is 5.75 Å². The molecule has 2 N–H and O–H groups in total. The molecule has 0 unspecified atom stereocenters. The first kappa shape index (κ1) is 18.6. The first-order valence-corrected chi connectivity index (χ1v) is 7.77. The molecule has 1 aromatic carbocycles. The van der Waals surface area contributed by atoms with Crippen LogP contribution in [0.25, 0.3) is 0 Å². The summed E-state index contributed by atoms with van der Waals surface area (Å²) in [5.41, 5.74) is 5.40. The third kappa shape index (κ3) is 4.20. The Balaban J connectivity index is 2.25. The molecule has 1 atom stereocenters. The summed E-state index contributed by atoms with van der Waals surface area (Å²) in [4.78, 5) is 0. The zero-order chi connectivity index (χ0) is 17.6. The molecule has 0 saturated carbocycles. The molecule has 2 rings (SSSR count). The van der Waals surface area contributed by atoms with Crippen LogP contribution in [-0.4, -0.2) is 24.7 Å². The van der Waals surface area contributed by atoms with Gasteiger partial charge in [-0.15, -0.1) is 13.2 Å². The number of hydrogen-bond donors (Lipinski definition) is 1. The molecule has 0 radical (unpaired) electrons. The molecule has 23 heavy (non-hydrogen) atoms. The highest BCUT2D eigenvalue weighted by atomic mass is 79.9. The summed E-state index contributed by atoms with van der Waals surface area (Å²) in [5.74, 6) is -1.11. The van der Waals surface area contributed by atoms with E-state index in [9.17, 15) is 13.2 Å². The number of halogens is 4. The van der Waals surface area contributed by atoms with Crippen LogP contribution in [0, 0.1) is 0 Å². The Kier molecular flexibility index (Phi) is 4.80. The lowest BCUT2D eigenvalue weighted by Crippen LogP contribution is -2.41. The number of ether oxygens (including phenoxy) is 1. The van der Waals surface area contributed by atoms with Crippen LogP contribution in [0.3, 0.4) is 0 Å². The van der Waals surface area contributed by atoms with Crippen LogP contribution < -0.4 is 10.5 Å². The van der Waals surface area contributed by atoms with Crippen molar-refractivity contribution in [2.45, 2.75) is 51.2 Å². The molecule has 0 amide bonds. The van der Waals surface area contributed by atoms with Crippen molar-refractivity contribution in [2.24, 2.45) is 5.73 Å². The molecular weight excluding hydrogens is 378 g/mol. The van der Waals surface area contributed by atoms with Gasteiger partial charge in [-0.2, -0.15) is 0 Å². The molecule has 9 heteroatoms. The molecular formula is C14H18BBrF3NO3. The maximum Gasteiger partial charge on any atom is 0.573 e. The Bertz CT molecular complexity index is 579. The molecule has 1 fully saturated rings. The molecule has 0 aromatic heterocycles. The number of nitrogens with two attached hydrogens (primary N) is 1. The van der Waals surface area contributed by atoms with Gasteiger partial charge in [0.2, 0.25) is 0 Å². The van der Waals surface area contributed by atoms with E-state index in [1.54, 1.807) is 6.07 Å². The zero-order valence-corrected chi connectivity index (χ0v) is 14.8. The van der Waals surface area contributed by atoms with Crippen LogP contribution in [0.2, 0.25) is 0 Å². The maximum absolute atomic E-state index is 12.4. The predicted octanol–water partition coefficient (Wildman–Crippen LogP) is 3.98. The summed E-state index contributed by atoms with van der Waals surface area (Å²) in [6.07, 6.45) is -4.77. The van der Waals surface area contributed by atoms with Gasteiger partial charge in [-0.05, 0) is 51.5 Å². The van der Waals surface area contributed by atoms with Crippen molar-refractivity contribution in [2.75, 3.05) is 0 Å². The Labute approximate surface area is 141 Å². The highest BCUT2D eigenvalue weighted by Crippen LogP contribution is 2.40. The van der Waals surface area contributed by atoms with E-state index in [4.69, 9.17) is 15.0 Å². The Morgan fingerprint density at radius 2 is 1.65 bits per heavy atom. The quantitative estimate of drug-likeness (QED) is 0.786. The van der Waals surface area contributed by atoms with E-state index in [0.29, 0.717) is 10.0 Å². The van der Waals surface area contributed by atoms with Gasteiger partial charge in [0.05, 0.1) is 17.1 Å². The van der Waals surface area contributed by atoms with E-state index in [1.807, 2.05) is 27.7 Å². The largest absolute Gasteiger partial charge is 0.573 e. The lowest BCUT2D eigenvalue weighted by Gasteiger charge is -2.32. The third-order valence-electron chi connectivity index (χ3n) is 4.08. The monoisotopic (exact) mass is 395 g/mol. The van der Waals surface area contributed by atoms with Gasteiger partial charge in [0, 0.05) is 4.47 Å². The fourth-order valence-corrected chi connectivity index (χ4v) is 2.65. The lowest BCUT2D eigenvalue weighted by atomic mass is 9.75. The Hall–Kier alpha value is -0.765. The van der Waals surface area contributed by atoms with Crippen LogP contribution in [0.15, 0.2) is 22.7 Å². The van der Waals surface area contributed by atoms with Crippen molar-refractivity contribution >= 4 is 23.0 Å². The van der Waals surface area contributed by atoms with E-state index >= 15 is 0 Å². The SMILES string of the molecule is CC1(C)OB([C@H](N)c2cc(Br)cc(OC(F)(F)F)c2)OC1(C)C. The summed E-state index contributed by atoms with van der Waals surface area (Å²) >= 11 is 3.16. The van der Waals surface area contributed by atoms with E-state index in [1.165, 1.54) is 12.1 Å². The number of hydrogen-bond acceptors (Lipinski definition) is 4. The normalized spacial score (nSPS) is 21.3. The molecule has 1 aliphatic rings. The summed E-state index contributed by atoms with van der Waals surface area (Å²) in [6.45, 7) is 7.50. The van der Waals surface area contributed by atoms with Gasteiger partial charge in [0.15, 0.2) is 0 Å². The summed E-state index contributed by atoms with van der Waals surface area (Å²) < 4.78 is 53.2.